The number of carbonyl (C=O) groups is 1. The smallest absolute Gasteiger partial charge is 0.291 e. The van der Waals surface area contributed by atoms with Crippen LogP contribution in [-0.4, -0.2) is 13.0 Å². The van der Waals surface area contributed by atoms with E-state index in [-0.39, 0.29) is 5.76 Å². The predicted octanol–water partition coefficient (Wildman–Crippen LogP) is 4.35. The van der Waals surface area contributed by atoms with E-state index in [4.69, 9.17) is 9.15 Å². The van der Waals surface area contributed by atoms with Crippen LogP contribution in [-0.2, 0) is 0 Å². The molecule has 1 amide bonds. The van der Waals surface area contributed by atoms with E-state index in [2.05, 4.69) is 5.32 Å². The first-order valence-corrected chi connectivity index (χ1v) is 6.97. The molecule has 0 aliphatic carbocycles. The summed E-state index contributed by atoms with van der Waals surface area (Å²) in [4.78, 5) is 12.2. The highest BCUT2D eigenvalue weighted by Gasteiger charge is 2.14. The highest BCUT2D eigenvalue weighted by molar-refractivity contribution is 6.02. The van der Waals surface area contributed by atoms with Crippen LogP contribution >= 0.6 is 0 Å². The second-order valence-electron chi connectivity index (χ2n) is 4.83. The van der Waals surface area contributed by atoms with Crippen molar-refractivity contribution in [1.29, 1.82) is 0 Å². The van der Waals surface area contributed by atoms with Crippen LogP contribution in [0.2, 0.25) is 0 Å². The maximum absolute atomic E-state index is 13.7. The molecule has 1 aromatic heterocycles. The number of hydrogen-bond donors (Lipinski definition) is 1. The number of anilines is 1. The van der Waals surface area contributed by atoms with Gasteiger partial charge in [0.15, 0.2) is 5.76 Å². The molecule has 4 nitrogen and oxygen atoms in total. The van der Waals surface area contributed by atoms with Gasteiger partial charge in [-0.2, -0.15) is 0 Å². The fraction of sp³-hybridized carbons (Fsp3) is 0.0556. The van der Waals surface area contributed by atoms with Gasteiger partial charge in [0.05, 0.1) is 12.7 Å². The van der Waals surface area contributed by atoms with Crippen LogP contribution in [0.4, 0.5) is 10.1 Å². The van der Waals surface area contributed by atoms with Crippen LogP contribution < -0.4 is 10.1 Å². The van der Waals surface area contributed by atoms with Crippen LogP contribution in [0, 0.1) is 5.82 Å². The summed E-state index contributed by atoms with van der Waals surface area (Å²) in [5, 5.41) is 2.71. The Hall–Kier alpha value is -3.08. The van der Waals surface area contributed by atoms with E-state index in [9.17, 15) is 9.18 Å². The van der Waals surface area contributed by atoms with Gasteiger partial charge in [0.25, 0.3) is 5.91 Å². The van der Waals surface area contributed by atoms with Crippen LogP contribution in [0.3, 0.4) is 0 Å². The molecule has 1 heterocycles. The van der Waals surface area contributed by atoms with E-state index in [1.807, 2.05) is 0 Å². The average Bonchev–Trinajstić information content (AvgIpc) is 3.05. The summed E-state index contributed by atoms with van der Waals surface area (Å²) in [6.45, 7) is 0. The lowest BCUT2D eigenvalue weighted by molar-refractivity contribution is 0.0997. The maximum Gasteiger partial charge on any atom is 0.291 e. The zero-order chi connectivity index (χ0) is 16.2. The summed E-state index contributed by atoms with van der Waals surface area (Å²) in [5.41, 5.74) is 0.895. The van der Waals surface area contributed by atoms with Gasteiger partial charge in [-0.3, -0.25) is 4.79 Å². The largest absolute Gasteiger partial charge is 0.497 e. The number of methoxy groups -OCH3 is 1. The molecule has 0 unspecified atom stereocenters. The topological polar surface area (TPSA) is 51.5 Å². The van der Waals surface area contributed by atoms with Gasteiger partial charge >= 0.3 is 0 Å². The number of carbonyl (C=O) groups excluding carboxylic acids is 1. The van der Waals surface area contributed by atoms with Crippen molar-refractivity contribution in [1.82, 2.24) is 0 Å². The monoisotopic (exact) mass is 311 g/mol. The van der Waals surface area contributed by atoms with E-state index in [1.165, 1.54) is 12.1 Å². The molecular weight excluding hydrogens is 297 g/mol. The highest BCUT2D eigenvalue weighted by Crippen LogP contribution is 2.25. The second-order valence-corrected chi connectivity index (χ2v) is 4.83. The molecular formula is C18H14FNO3. The third kappa shape index (κ3) is 3.23. The quantitative estimate of drug-likeness (QED) is 0.779. The Bertz CT molecular complexity index is 842. The van der Waals surface area contributed by atoms with Crippen molar-refractivity contribution in [3.05, 3.63) is 72.2 Å². The van der Waals surface area contributed by atoms with Gasteiger partial charge in [0.1, 0.15) is 17.3 Å². The molecule has 116 valence electrons. The molecule has 3 aromatic rings. The standard InChI is InChI=1S/C18H14FNO3/c1-22-13-6-4-5-12(11-13)20-18(21)17-10-9-16(23-17)14-7-2-3-8-15(14)19/h2-11H,1H3,(H,20,21). The normalized spacial score (nSPS) is 10.3. The highest BCUT2D eigenvalue weighted by atomic mass is 19.1. The van der Waals surface area contributed by atoms with Crippen molar-refractivity contribution in [2.24, 2.45) is 0 Å². The summed E-state index contributed by atoms with van der Waals surface area (Å²) in [6.07, 6.45) is 0. The van der Waals surface area contributed by atoms with E-state index in [0.29, 0.717) is 22.8 Å². The molecule has 0 radical (unpaired) electrons. The van der Waals surface area contributed by atoms with Crippen LogP contribution in [0.5, 0.6) is 5.75 Å². The van der Waals surface area contributed by atoms with Crippen molar-refractivity contribution in [2.75, 3.05) is 12.4 Å². The number of benzene rings is 2. The van der Waals surface area contributed by atoms with Crippen molar-refractivity contribution in [3.63, 3.8) is 0 Å². The first-order valence-electron chi connectivity index (χ1n) is 6.97. The number of hydrogen-bond acceptors (Lipinski definition) is 3. The van der Waals surface area contributed by atoms with Crippen molar-refractivity contribution < 1.29 is 18.3 Å². The second kappa shape index (κ2) is 6.36. The fourth-order valence-electron chi connectivity index (χ4n) is 2.16. The third-order valence-electron chi connectivity index (χ3n) is 3.30. The number of rotatable bonds is 4. The minimum atomic E-state index is -0.416. The molecule has 0 aliphatic rings. The first kappa shape index (κ1) is 14.8. The van der Waals surface area contributed by atoms with Crippen molar-refractivity contribution >= 4 is 11.6 Å². The SMILES string of the molecule is COc1cccc(NC(=O)c2ccc(-c3ccccc3F)o2)c1. The molecule has 23 heavy (non-hydrogen) atoms. The fourth-order valence-corrected chi connectivity index (χ4v) is 2.16. The van der Waals surface area contributed by atoms with Crippen molar-refractivity contribution in [3.8, 4) is 17.1 Å². The molecule has 0 bridgehead atoms. The molecule has 0 saturated heterocycles. The molecule has 2 aromatic carbocycles. The number of nitrogens with one attached hydrogen (secondary N) is 1. The molecule has 0 atom stereocenters. The summed E-state index contributed by atoms with van der Waals surface area (Å²) >= 11 is 0. The Kier molecular flexibility index (Phi) is 4.10. The van der Waals surface area contributed by atoms with Gasteiger partial charge in [0.2, 0.25) is 0 Å². The van der Waals surface area contributed by atoms with E-state index < -0.39 is 11.7 Å². The molecule has 0 saturated carbocycles. The summed E-state index contributed by atoms with van der Waals surface area (Å²) in [6, 6.07) is 16.3. The van der Waals surface area contributed by atoms with Gasteiger partial charge < -0.3 is 14.5 Å². The third-order valence-corrected chi connectivity index (χ3v) is 3.30. The summed E-state index contributed by atoms with van der Waals surface area (Å²) in [7, 11) is 1.55. The van der Waals surface area contributed by atoms with Gasteiger partial charge in [-0.1, -0.05) is 18.2 Å². The Morgan fingerprint density at radius 1 is 1.09 bits per heavy atom. The van der Waals surface area contributed by atoms with Crippen LogP contribution in [0.15, 0.2) is 65.1 Å². The summed E-state index contributed by atoms with van der Waals surface area (Å²) in [5.74, 6) is 0.224. The number of furan rings is 1. The minimum absolute atomic E-state index is 0.103. The number of amides is 1. The van der Waals surface area contributed by atoms with Crippen LogP contribution in [0.25, 0.3) is 11.3 Å². The lowest BCUT2D eigenvalue weighted by Crippen LogP contribution is -2.10. The molecule has 1 N–H and O–H groups in total. The molecule has 0 aliphatic heterocycles. The van der Waals surface area contributed by atoms with E-state index in [1.54, 1.807) is 55.6 Å². The van der Waals surface area contributed by atoms with Gasteiger partial charge in [0, 0.05) is 11.8 Å². The molecule has 0 fully saturated rings. The Morgan fingerprint density at radius 3 is 2.70 bits per heavy atom. The van der Waals surface area contributed by atoms with Gasteiger partial charge in [-0.15, -0.1) is 0 Å². The van der Waals surface area contributed by atoms with Gasteiger partial charge in [-0.05, 0) is 36.4 Å². The molecule has 5 heteroatoms. The Morgan fingerprint density at radius 2 is 1.91 bits per heavy atom. The van der Waals surface area contributed by atoms with Crippen LogP contribution in [0.1, 0.15) is 10.6 Å². The zero-order valence-electron chi connectivity index (χ0n) is 12.4. The maximum atomic E-state index is 13.7. The Balaban J connectivity index is 1.80. The van der Waals surface area contributed by atoms with Crippen molar-refractivity contribution in [2.45, 2.75) is 0 Å². The summed E-state index contributed by atoms with van der Waals surface area (Å²) < 4.78 is 24.3. The zero-order valence-corrected chi connectivity index (χ0v) is 12.4. The average molecular weight is 311 g/mol. The molecule has 3 rings (SSSR count). The predicted molar refractivity (Wildman–Crippen MR) is 85.0 cm³/mol. The number of ether oxygens (including phenoxy) is 1. The lowest BCUT2D eigenvalue weighted by Gasteiger charge is -2.05. The lowest BCUT2D eigenvalue weighted by atomic mass is 10.1. The van der Waals surface area contributed by atoms with E-state index >= 15 is 0 Å². The van der Waals surface area contributed by atoms with Gasteiger partial charge in [-0.25, -0.2) is 4.39 Å². The Labute approximate surface area is 132 Å². The minimum Gasteiger partial charge on any atom is -0.497 e. The molecule has 0 spiro atoms. The first-order chi connectivity index (χ1) is 11.2. The number of halogens is 1. The van der Waals surface area contributed by atoms with E-state index in [0.717, 1.165) is 0 Å².